The summed E-state index contributed by atoms with van der Waals surface area (Å²) in [5.74, 6) is 0.782. The summed E-state index contributed by atoms with van der Waals surface area (Å²) >= 11 is 1.20. The monoisotopic (exact) mass is 402 g/mol. The number of nitrogens with one attached hydrogen (secondary N) is 1. The molecule has 5 rings (SSSR count). The summed E-state index contributed by atoms with van der Waals surface area (Å²) in [6.07, 6.45) is 6.15. The molecule has 0 unspecified atom stereocenters. The van der Waals surface area contributed by atoms with E-state index >= 15 is 0 Å². The number of ether oxygens (including phenoxy) is 1. The summed E-state index contributed by atoms with van der Waals surface area (Å²) < 4.78 is 20.6. The van der Waals surface area contributed by atoms with Crippen molar-refractivity contribution >= 4 is 22.4 Å². The van der Waals surface area contributed by atoms with Gasteiger partial charge >= 0.3 is 0 Å². The van der Waals surface area contributed by atoms with Crippen LogP contribution in [0.15, 0.2) is 12.3 Å². The summed E-state index contributed by atoms with van der Waals surface area (Å²) in [6.45, 7) is 4.76. The number of halogens is 1. The Labute approximate surface area is 167 Å². The Morgan fingerprint density at radius 3 is 3.07 bits per heavy atom. The third-order valence-corrected chi connectivity index (χ3v) is 6.80. The summed E-state index contributed by atoms with van der Waals surface area (Å²) in [7, 11) is 0. The van der Waals surface area contributed by atoms with Crippen LogP contribution >= 0.6 is 11.3 Å². The number of fused-ring (bicyclic) bond motifs is 1. The van der Waals surface area contributed by atoms with Crippen LogP contribution in [0.25, 0.3) is 0 Å². The van der Waals surface area contributed by atoms with Gasteiger partial charge in [-0.05, 0) is 25.8 Å². The van der Waals surface area contributed by atoms with Gasteiger partial charge in [0.2, 0.25) is 11.9 Å². The first kappa shape index (κ1) is 18.0. The van der Waals surface area contributed by atoms with Crippen molar-refractivity contribution in [3.63, 3.8) is 0 Å². The maximum absolute atomic E-state index is 14.2. The van der Waals surface area contributed by atoms with Gasteiger partial charge < -0.3 is 10.1 Å². The first-order valence-electron chi connectivity index (χ1n) is 9.75. The van der Waals surface area contributed by atoms with Crippen molar-refractivity contribution in [2.24, 2.45) is 0 Å². The van der Waals surface area contributed by atoms with Gasteiger partial charge in [0.15, 0.2) is 5.13 Å². The number of pyridine rings is 1. The van der Waals surface area contributed by atoms with Crippen LogP contribution in [0, 0.1) is 5.95 Å². The molecule has 4 heterocycles. The topological polar surface area (TPSA) is 67.4 Å². The fourth-order valence-corrected chi connectivity index (χ4v) is 5.36. The number of hydrogen-bond acceptors (Lipinski definition) is 6. The standard InChI is InChI=1S/C20H23FN4O2S/c1-11-6-20(7-14-5-15(13-3-4-13)22-8-16(14)27-20)10-25(11)9-17-18(21)24-19(28-17)23-12(2)26/h5,8,11,13H,3-4,6-7,9-10H2,1-2H3,(H,23,24,26)/t11-,20-/m0/s1. The number of amides is 1. The lowest BCUT2D eigenvalue weighted by molar-refractivity contribution is -0.114. The largest absolute Gasteiger partial charge is 0.484 e. The molecule has 1 amide bonds. The zero-order valence-corrected chi connectivity index (χ0v) is 16.8. The van der Waals surface area contributed by atoms with Gasteiger partial charge in [0.05, 0.1) is 11.1 Å². The molecule has 0 bridgehead atoms. The molecule has 1 aliphatic carbocycles. The second-order valence-corrected chi connectivity index (χ2v) is 9.41. The fourth-order valence-electron chi connectivity index (χ4n) is 4.44. The quantitative estimate of drug-likeness (QED) is 0.848. The van der Waals surface area contributed by atoms with E-state index in [1.54, 1.807) is 0 Å². The molecule has 28 heavy (non-hydrogen) atoms. The van der Waals surface area contributed by atoms with Crippen LogP contribution in [0.3, 0.4) is 0 Å². The molecule has 8 heteroatoms. The maximum Gasteiger partial charge on any atom is 0.230 e. The molecule has 1 saturated heterocycles. The molecule has 2 aliphatic heterocycles. The number of anilines is 1. The Hall–Kier alpha value is -2.06. The molecule has 1 N–H and O–H groups in total. The zero-order valence-electron chi connectivity index (χ0n) is 16.0. The van der Waals surface area contributed by atoms with E-state index in [-0.39, 0.29) is 17.6 Å². The summed E-state index contributed by atoms with van der Waals surface area (Å²) in [6, 6.07) is 2.49. The van der Waals surface area contributed by atoms with E-state index in [2.05, 4.69) is 33.2 Å². The lowest BCUT2D eigenvalue weighted by Crippen LogP contribution is -2.37. The van der Waals surface area contributed by atoms with E-state index in [4.69, 9.17) is 4.74 Å². The highest BCUT2D eigenvalue weighted by molar-refractivity contribution is 7.15. The Morgan fingerprint density at radius 2 is 2.32 bits per heavy atom. The van der Waals surface area contributed by atoms with E-state index in [1.807, 2.05) is 6.20 Å². The average Bonchev–Trinajstić information content (AvgIpc) is 3.25. The van der Waals surface area contributed by atoms with Gasteiger partial charge in [0, 0.05) is 56.1 Å². The van der Waals surface area contributed by atoms with Crippen molar-refractivity contribution in [3.05, 3.63) is 34.3 Å². The van der Waals surface area contributed by atoms with Gasteiger partial charge in [-0.3, -0.25) is 14.7 Å². The summed E-state index contributed by atoms with van der Waals surface area (Å²) in [4.78, 5) is 22.4. The number of carbonyl (C=O) groups is 1. The predicted octanol–water partition coefficient (Wildman–Crippen LogP) is 3.48. The molecular weight excluding hydrogens is 379 g/mol. The van der Waals surface area contributed by atoms with Crippen molar-refractivity contribution in [2.75, 3.05) is 11.9 Å². The molecule has 0 radical (unpaired) electrons. The van der Waals surface area contributed by atoms with Crippen molar-refractivity contribution in [2.45, 2.75) is 63.6 Å². The lowest BCUT2D eigenvalue weighted by Gasteiger charge is -2.23. The Kier molecular flexibility index (Phi) is 4.17. The van der Waals surface area contributed by atoms with Gasteiger partial charge in [-0.15, -0.1) is 0 Å². The molecular formula is C20H23FN4O2S. The normalized spacial score (nSPS) is 26.5. The minimum absolute atomic E-state index is 0.245. The molecule has 148 valence electrons. The van der Waals surface area contributed by atoms with E-state index in [0.717, 1.165) is 25.1 Å². The first-order valence-corrected chi connectivity index (χ1v) is 10.6. The smallest absolute Gasteiger partial charge is 0.230 e. The van der Waals surface area contributed by atoms with E-state index in [9.17, 15) is 9.18 Å². The highest BCUT2D eigenvalue weighted by Gasteiger charge is 2.48. The van der Waals surface area contributed by atoms with Crippen LogP contribution in [-0.4, -0.2) is 39.0 Å². The maximum atomic E-state index is 14.2. The number of aromatic nitrogens is 2. The van der Waals surface area contributed by atoms with Crippen molar-refractivity contribution in [1.29, 1.82) is 0 Å². The van der Waals surface area contributed by atoms with Crippen LogP contribution in [0.1, 0.15) is 55.2 Å². The van der Waals surface area contributed by atoms with Gasteiger partial charge in [-0.2, -0.15) is 9.37 Å². The zero-order chi connectivity index (χ0) is 19.5. The van der Waals surface area contributed by atoms with Crippen LogP contribution < -0.4 is 10.1 Å². The third-order valence-electron chi connectivity index (χ3n) is 5.87. The number of carbonyl (C=O) groups excluding carboxylic acids is 1. The number of likely N-dealkylation sites (tertiary alicyclic amines) is 1. The Balaban J connectivity index is 1.30. The molecule has 2 atom stereocenters. The molecule has 2 aromatic heterocycles. The van der Waals surface area contributed by atoms with Gasteiger partial charge in [-0.25, -0.2) is 0 Å². The molecule has 2 aromatic rings. The third kappa shape index (κ3) is 3.28. The predicted molar refractivity (Wildman–Crippen MR) is 104 cm³/mol. The molecule has 1 saturated carbocycles. The number of nitrogens with zero attached hydrogens (tertiary/aromatic N) is 3. The summed E-state index contributed by atoms with van der Waals surface area (Å²) in [5, 5.41) is 2.87. The average molecular weight is 402 g/mol. The Morgan fingerprint density at radius 1 is 1.50 bits per heavy atom. The molecule has 6 nitrogen and oxygen atoms in total. The highest BCUT2D eigenvalue weighted by Crippen LogP contribution is 2.46. The SMILES string of the molecule is CC(=O)Nc1nc(F)c(CN2C[C@@]3(Cc4cc(C5CC5)ncc4O3)C[C@@H]2C)s1. The van der Waals surface area contributed by atoms with Crippen molar-refractivity contribution < 1.29 is 13.9 Å². The van der Waals surface area contributed by atoms with Crippen molar-refractivity contribution in [3.8, 4) is 5.75 Å². The van der Waals surface area contributed by atoms with Crippen molar-refractivity contribution in [1.82, 2.24) is 14.9 Å². The fraction of sp³-hybridized carbons (Fsp3) is 0.550. The number of thiazole rings is 1. The number of hydrogen-bond donors (Lipinski definition) is 1. The Bertz CT molecular complexity index is 944. The van der Waals surface area contributed by atoms with Gasteiger partial charge in [-0.1, -0.05) is 11.3 Å². The van der Waals surface area contributed by atoms with Gasteiger partial charge in [0.25, 0.3) is 0 Å². The molecule has 0 aromatic carbocycles. The van der Waals surface area contributed by atoms with Crippen LogP contribution in [0.5, 0.6) is 5.75 Å². The second kappa shape index (κ2) is 6.49. The van der Waals surface area contributed by atoms with E-state index in [1.165, 1.54) is 42.4 Å². The molecule has 3 aliphatic rings. The van der Waals surface area contributed by atoms with Crippen LogP contribution in [0.2, 0.25) is 0 Å². The molecule has 1 spiro atoms. The number of rotatable bonds is 4. The molecule has 2 fully saturated rings. The van der Waals surface area contributed by atoms with E-state index in [0.29, 0.717) is 22.5 Å². The highest BCUT2D eigenvalue weighted by atomic mass is 32.1. The lowest BCUT2D eigenvalue weighted by atomic mass is 9.94. The minimum atomic E-state index is -0.504. The van der Waals surface area contributed by atoms with Gasteiger partial charge in [0.1, 0.15) is 11.4 Å². The van der Waals surface area contributed by atoms with Crippen LogP contribution in [0.4, 0.5) is 9.52 Å². The minimum Gasteiger partial charge on any atom is -0.484 e. The second-order valence-electron chi connectivity index (χ2n) is 8.33. The van der Waals surface area contributed by atoms with E-state index < -0.39 is 5.95 Å². The first-order chi connectivity index (χ1) is 13.4. The van der Waals surface area contributed by atoms with Crippen LogP contribution in [-0.2, 0) is 17.8 Å². The summed E-state index contributed by atoms with van der Waals surface area (Å²) in [5.41, 5.74) is 2.19.